The lowest BCUT2D eigenvalue weighted by atomic mass is 9.79. The molecule has 0 fully saturated rings. The third kappa shape index (κ3) is 5.00. The lowest BCUT2D eigenvalue weighted by molar-refractivity contribution is -0.133. The van der Waals surface area contributed by atoms with Crippen LogP contribution in [0.3, 0.4) is 0 Å². The Morgan fingerprint density at radius 2 is 1.37 bits per heavy atom. The molecule has 4 aromatic carbocycles. The lowest BCUT2D eigenvalue weighted by Crippen LogP contribution is -2.17. The molecule has 6 rings (SSSR count). The zero-order valence-corrected chi connectivity index (χ0v) is 22.8. The van der Waals surface area contributed by atoms with E-state index in [0.717, 1.165) is 22.3 Å². The van der Waals surface area contributed by atoms with E-state index >= 15 is 0 Å². The Bertz CT molecular complexity index is 1650. The van der Waals surface area contributed by atoms with Crippen molar-refractivity contribution in [2.24, 2.45) is 0 Å². The lowest BCUT2D eigenvalue weighted by Gasteiger charge is -2.23. The smallest absolute Gasteiger partial charge is 0.338 e. The van der Waals surface area contributed by atoms with Gasteiger partial charge < -0.3 is 18.9 Å². The van der Waals surface area contributed by atoms with Crippen LogP contribution in [0.4, 0.5) is 0 Å². The molecule has 4 aromatic rings. The summed E-state index contributed by atoms with van der Waals surface area (Å²) in [5, 5.41) is 0. The molecule has 1 heterocycles. The minimum Gasteiger partial charge on any atom is -0.497 e. The monoisotopic (exact) mass is 544 g/mol. The van der Waals surface area contributed by atoms with Crippen LogP contribution >= 0.6 is 0 Å². The maximum Gasteiger partial charge on any atom is 0.338 e. The normalized spacial score (nSPS) is 13.9. The molecule has 0 spiro atoms. The summed E-state index contributed by atoms with van der Waals surface area (Å²) < 4.78 is 21.7. The number of carbonyl (C=O) groups excluding carboxylic acids is 2. The van der Waals surface area contributed by atoms with Crippen molar-refractivity contribution in [2.45, 2.75) is 12.3 Å². The van der Waals surface area contributed by atoms with E-state index in [-0.39, 0.29) is 30.5 Å². The first-order chi connectivity index (χ1) is 20.1. The van der Waals surface area contributed by atoms with Crippen molar-refractivity contribution >= 4 is 29.5 Å². The third-order valence-electron chi connectivity index (χ3n) is 7.57. The van der Waals surface area contributed by atoms with Crippen LogP contribution in [0.1, 0.15) is 50.5 Å². The maximum absolute atomic E-state index is 14.4. The second-order valence-corrected chi connectivity index (χ2v) is 9.82. The molecule has 6 heteroatoms. The van der Waals surface area contributed by atoms with Gasteiger partial charge in [-0.05, 0) is 70.6 Å². The third-order valence-corrected chi connectivity index (χ3v) is 7.57. The van der Waals surface area contributed by atoms with Crippen LogP contribution in [0, 0.1) is 0 Å². The van der Waals surface area contributed by atoms with Crippen molar-refractivity contribution in [3.63, 3.8) is 0 Å². The zero-order chi connectivity index (χ0) is 28.3. The van der Waals surface area contributed by atoms with Gasteiger partial charge in [-0.3, -0.25) is 4.79 Å². The van der Waals surface area contributed by atoms with Crippen molar-refractivity contribution in [3.05, 3.63) is 130 Å². The van der Waals surface area contributed by atoms with E-state index in [4.69, 9.17) is 18.9 Å². The van der Waals surface area contributed by atoms with E-state index in [9.17, 15) is 9.59 Å². The second-order valence-electron chi connectivity index (χ2n) is 9.82. The second kappa shape index (κ2) is 11.2. The van der Waals surface area contributed by atoms with Gasteiger partial charge in [0.05, 0.1) is 19.8 Å². The van der Waals surface area contributed by atoms with Crippen LogP contribution in [0.25, 0.3) is 17.7 Å². The van der Waals surface area contributed by atoms with Gasteiger partial charge in [-0.25, -0.2) is 4.79 Å². The van der Waals surface area contributed by atoms with Crippen LogP contribution in [0.5, 0.6) is 17.2 Å². The van der Waals surface area contributed by atoms with Gasteiger partial charge in [0.15, 0.2) is 17.3 Å². The average molecular weight is 545 g/mol. The molecule has 0 aromatic heterocycles. The topological polar surface area (TPSA) is 71.1 Å². The number of ether oxygens (including phenoxy) is 4. The SMILES string of the molecule is COC(=O)/C(=C(/CC1c2ccccc2C=Cc2ccccc21)C(=O)c1ccc(OC)cc1)c1ccc2c(c1)OCO2. The molecule has 0 amide bonds. The fraction of sp³-hybridized carbons (Fsp3) is 0.143. The summed E-state index contributed by atoms with van der Waals surface area (Å²) in [5.74, 6) is 0.650. The Morgan fingerprint density at radius 3 is 2.00 bits per heavy atom. The Hall–Kier alpha value is -5.10. The van der Waals surface area contributed by atoms with Crippen LogP contribution < -0.4 is 14.2 Å². The molecule has 1 aliphatic heterocycles. The van der Waals surface area contributed by atoms with E-state index in [1.165, 1.54) is 7.11 Å². The molecule has 0 saturated heterocycles. The quantitative estimate of drug-likeness (QED) is 0.143. The number of allylic oxidation sites excluding steroid dienone is 1. The van der Waals surface area contributed by atoms with Crippen molar-refractivity contribution in [3.8, 4) is 17.2 Å². The molecular weight excluding hydrogens is 516 g/mol. The van der Waals surface area contributed by atoms with Gasteiger partial charge in [0.1, 0.15) is 5.75 Å². The van der Waals surface area contributed by atoms with Crippen molar-refractivity contribution in [2.75, 3.05) is 21.0 Å². The summed E-state index contributed by atoms with van der Waals surface area (Å²) in [5.41, 5.74) is 5.77. The first-order valence-electron chi connectivity index (χ1n) is 13.3. The summed E-state index contributed by atoms with van der Waals surface area (Å²) in [6.07, 6.45) is 4.46. The van der Waals surface area contributed by atoms with E-state index < -0.39 is 5.97 Å². The predicted octanol–water partition coefficient (Wildman–Crippen LogP) is 6.94. The maximum atomic E-state index is 14.4. The standard InChI is InChI=1S/C35H28O6/c1-38-26-16-13-24(14-17-26)34(36)30(33(35(37)39-2)25-15-18-31-32(19-25)41-21-40-31)20-29-27-9-5-3-7-22(27)11-12-23-8-4-6-10-28(23)29/h3-19,29H,20-21H2,1-2H3/b33-30-. The van der Waals surface area contributed by atoms with Gasteiger partial charge in [-0.1, -0.05) is 66.7 Å². The first kappa shape index (κ1) is 26.1. The number of methoxy groups -OCH3 is 2. The Labute approximate surface area is 238 Å². The van der Waals surface area contributed by atoms with Crippen molar-refractivity contribution < 1.29 is 28.5 Å². The highest BCUT2D eigenvalue weighted by atomic mass is 16.7. The molecule has 204 valence electrons. The molecule has 0 unspecified atom stereocenters. The van der Waals surface area contributed by atoms with Gasteiger partial charge >= 0.3 is 5.97 Å². The highest BCUT2D eigenvalue weighted by Gasteiger charge is 2.31. The van der Waals surface area contributed by atoms with E-state index in [0.29, 0.717) is 33.9 Å². The molecule has 41 heavy (non-hydrogen) atoms. The molecule has 0 saturated carbocycles. The zero-order valence-electron chi connectivity index (χ0n) is 22.8. The number of ketones is 1. The van der Waals surface area contributed by atoms with Crippen LogP contribution in [0.2, 0.25) is 0 Å². The first-order valence-corrected chi connectivity index (χ1v) is 13.3. The Kier molecular flexibility index (Phi) is 7.13. The molecular formula is C35H28O6. The summed E-state index contributed by atoms with van der Waals surface area (Å²) in [4.78, 5) is 28.0. The van der Waals surface area contributed by atoms with Crippen LogP contribution in [-0.2, 0) is 9.53 Å². The number of fused-ring (bicyclic) bond motifs is 3. The molecule has 6 nitrogen and oxygen atoms in total. The van der Waals surface area contributed by atoms with Gasteiger partial charge in [-0.15, -0.1) is 0 Å². The van der Waals surface area contributed by atoms with Crippen LogP contribution in [0.15, 0.2) is 96.6 Å². The number of esters is 1. The highest BCUT2D eigenvalue weighted by molar-refractivity contribution is 6.27. The number of hydrogen-bond donors (Lipinski definition) is 0. The number of Topliss-reactive ketones (excluding diaryl/α,β-unsaturated/α-hetero) is 1. The molecule has 0 N–H and O–H groups in total. The minimum atomic E-state index is -0.603. The fourth-order valence-corrected chi connectivity index (χ4v) is 5.53. The van der Waals surface area contributed by atoms with Crippen LogP contribution in [-0.4, -0.2) is 32.8 Å². The van der Waals surface area contributed by atoms with Gasteiger partial charge in [0, 0.05) is 17.1 Å². The number of benzene rings is 4. The van der Waals surface area contributed by atoms with Gasteiger partial charge in [0.2, 0.25) is 6.79 Å². The highest BCUT2D eigenvalue weighted by Crippen LogP contribution is 2.42. The molecule has 1 aliphatic carbocycles. The molecule has 0 atom stereocenters. The van der Waals surface area contributed by atoms with Crippen molar-refractivity contribution in [1.82, 2.24) is 0 Å². The predicted molar refractivity (Wildman–Crippen MR) is 157 cm³/mol. The Balaban J connectivity index is 1.58. The number of carbonyl (C=O) groups is 2. The van der Waals surface area contributed by atoms with E-state index in [1.807, 2.05) is 24.3 Å². The summed E-state index contributed by atoms with van der Waals surface area (Å²) >= 11 is 0. The fourth-order valence-electron chi connectivity index (χ4n) is 5.53. The average Bonchev–Trinajstić information content (AvgIpc) is 3.44. The Morgan fingerprint density at radius 1 is 0.756 bits per heavy atom. The number of hydrogen-bond acceptors (Lipinski definition) is 6. The summed E-state index contributed by atoms with van der Waals surface area (Å²) in [7, 11) is 2.90. The molecule has 2 aliphatic rings. The summed E-state index contributed by atoms with van der Waals surface area (Å²) in [6, 6.07) is 28.5. The molecule has 0 radical (unpaired) electrons. The van der Waals surface area contributed by atoms with E-state index in [2.05, 4.69) is 36.4 Å². The molecule has 0 bridgehead atoms. The van der Waals surface area contributed by atoms with E-state index in [1.54, 1.807) is 49.6 Å². The van der Waals surface area contributed by atoms with Crippen molar-refractivity contribution in [1.29, 1.82) is 0 Å². The van der Waals surface area contributed by atoms with Gasteiger partial charge in [-0.2, -0.15) is 0 Å². The summed E-state index contributed by atoms with van der Waals surface area (Å²) in [6.45, 7) is 0.0936. The number of rotatable bonds is 7. The minimum absolute atomic E-state index is 0.0936. The van der Waals surface area contributed by atoms with Gasteiger partial charge in [0.25, 0.3) is 0 Å². The largest absolute Gasteiger partial charge is 0.497 e.